The van der Waals surface area contributed by atoms with Crippen molar-refractivity contribution in [2.24, 2.45) is 0 Å². The zero-order valence-corrected chi connectivity index (χ0v) is 9.23. The average molecular weight is 217 g/mol. The number of rotatable bonds is 5. The lowest BCUT2D eigenvalue weighted by Crippen LogP contribution is -2.35. The van der Waals surface area contributed by atoms with Crippen LogP contribution in [0.25, 0.3) is 0 Å². The molecule has 4 heteroatoms. The van der Waals surface area contributed by atoms with Gasteiger partial charge in [-0.05, 0) is 19.1 Å². The van der Waals surface area contributed by atoms with E-state index < -0.39 is 0 Å². The largest absolute Gasteiger partial charge is 0.347 e. The maximum atomic E-state index is 11.4. The summed E-state index contributed by atoms with van der Waals surface area (Å²) in [6.45, 7) is 2.51. The normalized spacial score (nSPS) is 11.5. The second kappa shape index (κ2) is 6.59. The molecule has 0 aliphatic heterocycles. The number of carbonyl (C=O) groups is 1. The van der Waals surface area contributed by atoms with Crippen LogP contribution in [-0.2, 0) is 4.79 Å². The molecule has 1 heterocycles. The van der Waals surface area contributed by atoms with Crippen LogP contribution < -0.4 is 10.6 Å². The molecule has 1 rings (SSSR count). The van der Waals surface area contributed by atoms with Crippen molar-refractivity contribution < 1.29 is 4.79 Å². The van der Waals surface area contributed by atoms with E-state index in [4.69, 9.17) is 6.42 Å². The fourth-order valence-electron chi connectivity index (χ4n) is 1.25. The first kappa shape index (κ1) is 12.2. The number of nitrogens with one attached hydrogen (secondary N) is 2. The van der Waals surface area contributed by atoms with Gasteiger partial charge >= 0.3 is 0 Å². The maximum absolute atomic E-state index is 11.4. The van der Waals surface area contributed by atoms with Crippen LogP contribution in [0.4, 0.5) is 0 Å². The van der Waals surface area contributed by atoms with Gasteiger partial charge in [0, 0.05) is 6.20 Å². The summed E-state index contributed by atoms with van der Waals surface area (Å²) < 4.78 is 0. The summed E-state index contributed by atoms with van der Waals surface area (Å²) in [5.41, 5.74) is 0.841. The molecule has 0 saturated carbocycles. The number of pyridine rings is 1. The van der Waals surface area contributed by atoms with Crippen LogP contribution in [-0.4, -0.2) is 24.0 Å². The molecule has 0 fully saturated rings. The van der Waals surface area contributed by atoms with Gasteiger partial charge in [0.15, 0.2) is 0 Å². The lowest BCUT2D eigenvalue weighted by atomic mass is 10.2. The number of amides is 1. The number of terminal acetylenes is 1. The van der Waals surface area contributed by atoms with Gasteiger partial charge in [0.2, 0.25) is 5.91 Å². The number of carbonyl (C=O) groups excluding carboxylic acids is 1. The van der Waals surface area contributed by atoms with E-state index in [9.17, 15) is 4.79 Å². The van der Waals surface area contributed by atoms with Gasteiger partial charge in [0.25, 0.3) is 0 Å². The molecule has 0 radical (unpaired) electrons. The van der Waals surface area contributed by atoms with Crippen molar-refractivity contribution >= 4 is 5.91 Å². The molecule has 1 amide bonds. The van der Waals surface area contributed by atoms with Crippen molar-refractivity contribution in [1.29, 1.82) is 0 Å². The van der Waals surface area contributed by atoms with Crippen molar-refractivity contribution in [3.8, 4) is 12.3 Å². The van der Waals surface area contributed by atoms with Crippen molar-refractivity contribution in [3.63, 3.8) is 0 Å². The van der Waals surface area contributed by atoms with E-state index in [1.54, 1.807) is 6.20 Å². The van der Waals surface area contributed by atoms with Gasteiger partial charge in [-0.15, -0.1) is 6.42 Å². The van der Waals surface area contributed by atoms with Crippen LogP contribution in [0.1, 0.15) is 18.7 Å². The van der Waals surface area contributed by atoms with Gasteiger partial charge in [-0.3, -0.25) is 15.1 Å². The summed E-state index contributed by atoms with van der Waals surface area (Å²) in [7, 11) is 0. The van der Waals surface area contributed by atoms with Gasteiger partial charge < -0.3 is 5.32 Å². The minimum atomic E-state index is -0.0960. The van der Waals surface area contributed by atoms with Gasteiger partial charge in [-0.1, -0.05) is 12.0 Å². The summed E-state index contributed by atoms with van der Waals surface area (Å²) in [6.07, 6.45) is 6.76. The van der Waals surface area contributed by atoms with Gasteiger partial charge in [0.1, 0.15) is 0 Å². The summed E-state index contributed by atoms with van der Waals surface area (Å²) in [4.78, 5) is 15.6. The summed E-state index contributed by atoms with van der Waals surface area (Å²) in [5, 5.41) is 5.65. The van der Waals surface area contributed by atoms with E-state index >= 15 is 0 Å². The standard InChI is InChI=1S/C12H15N3O/c1-3-7-13-9-12(16)15-10(2)11-6-4-5-8-14-11/h1,4-6,8,10,13H,7,9H2,2H3,(H,15,16)/t10-/m0/s1. The minimum absolute atomic E-state index is 0.0894. The molecule has 2 N–H and O–H groups in total. The molecule has 84 valence electrons. The topological polar surface area (TPSA) is 54.0 Å². The van der Waals surface area contributed by atoms with Crippen LogP contribution in [0.2, 0.25) is 0 Å². The highest BCUT2D eigenvalue weighted by Crippen LogP contribution is 2.06. The molecular formula is C12H15N3O. The Morgan fingerprint density at radius 3 is 3.06 bits per heavy atom. The Morgan fingerprint density at radius 2 is 2.44 bits per heavy atom. The lowest BCUT2D eigenvalue weighted by molar-refractivity contribution is -0.120. The van der Waals surface area contributed by atoms with Crippen molar-refractivity contribution in [3.05, 3.63) is 30.1 Å². The quantitative estimate of drug-likeness (QED) is 0.557. The Labute approximate surface area is 95.5 Å². The predicted molar refractivity (Wildman–Crippen MR) is 62.5 cm³/mol. The molecule has 0 aliphatic carbocycles. The molecule has 1 atom stereocenters. The van der Waals surface area contributed by atoms with Gasteiger partial charge in [0.05, 0.1) is 24.8 Å². The van der Waals surface area contributed by atoms with Crippen LogP contribution in [0, 0.1) is 12.3 Å². The average Bonchev–Trinajstić information content (AvgIpc) is 2.30. The minimum Gasteiger partial charge on any atom is -0.347 e. The Bertz CT molecular complexity index is 370. The molecule has 1 aromatic rings. The summed E-state index contributed by atoms with van der Waals surface area (Å²) in [5.74, 6) is 2.32. The summed E-state index contributed by atoms with van der Waals surface area (Å²) >= 11 is 0. The van der Waals surface area contributed by atoms with Crippen LogP contribution in [0.5, 0.6) is 0 Å². The summed E-state index contributed by atoms with van der Waals surface area (Å²) in [6, 6.07) is 5.51. The van der Waals surface area contributed by atoms with Crippen LogP contribution in [0.3, 0.4) is 0 Å². The van der Waals surface area contributed by atoms with Crippen LogP contribution in [0.15, 0.2) is 24.4 Å². The number of hydrogen-bond donors (Lipinski definition) is 2. The van der Waals surface area contributed by atoms with E-state index in [1.165, 1.54) is 0 Å². The first-order chi connectivity index (χ1) is 7.74. The molecule has 0 bridgehead atoms. The van der Waals surface area contributed by atoms with Crippen molar-refractivity contribution in [2.75, 3.05) is 13.1 Å². The van der Waals surface area contributed by atoms with Gasteiger partial charge in [-0.2, -0.15) is 0 Å². The zero-order chi connectivity index (χ0) is 11.8. The highest BCUT2D eigenvalue weighted by atomic mass is 16.1. The van der Waals surface area contributed by atoms with E-state index in [2.05, 4.69) is 21.5 Å². The third kappa shape index (κ3) is 4.11. The highest BCUT2D eigenvalue weighted by molar-refractivity contribution is 5.78. The van der Waals surface area contributed by atoms with E-state index in [0.717, 1.165) is 5.69 Å². The lowest BCUT2D eigenvalue weighted by Gasteiger charge is -2.13. The van der Waals surface area contributed by atoms with E-state index in [-0.39, 0.29) is 18.5 Å². The van der Waals surface area contributed by atoms with Gasteiger partial charge in [-0.25, -0.2) is 0 Å². The molecule has 0 aliphatic rings. The Balaban J connectivity index is 2.37. The van der Waals surface area contributed by atoms with Crippen molar-refractivity contribution in [1.82, 2.24) is 15.6 Å². The Morgan fingerprint density at radius 1 is 1.62 bits per heavy atom. The molecular weight excluding hydrogens is 202 g/mol. The first-order valence-corrected chi connectivity index (χ1v) is 5.08. The third-order valence-electron chi connectivity index (χ3n) is 2.02. The SMILES string of the molecule is C#CCNCC(=O)N[C@@H](C)c1ccccn1. The smallest absolute Gasteiger partial charge is 0.234 e. The molecule has 0 aromatic carbocycles. The molecule has 0 saturated heterocycles. The van der Waals surface area contributed by atoms with Crippen LogP contribution >= 0.6 is 0 Å². The Hall–Kier alpha value is -1.86. The molecule has 0 spiro atoms. The fraction of sp³-hybridized carbons (Fsp3) is 0.333. The van der Waals surface area contributed by atoms with Crippen molar-refractivity contribution in [2.45, 2.75) is 13.0 Å². The first-order valence-electron chi connectivity index (χ1n) is 5.08. The zero-order valence-electron chi connectivity index (χ0n) is 9.23. The molecule has 16 heavy (non-hydrogen) atoms. The molecule has 4 nitrogen and oxygen atoms in total. The monoisotopic (exact) mass is 217 g/mol. The van der Waals surface area contributed by atoms with E-state index in [0.29, 0.717) is 6.54 Å². The Kier molecular flexibility index (Phi) is 5.03. The number of nitrogens with zero attached hydrogens (tertiary/aromatic N) is 1. The molecule has 0 unspecified atom stereocenters. The second-order valence-corrected chi connectivity index (χ2v) is 3.35. The third-order valence-corrected chi connectivity index (χ3v) is 2.02. The molecule has 1 aromatic heterocycles. The highest BCUT2D eigenvalue weighted by Gasteiger charge is 2.09. The number of hydrogen-bond acceptors (Lipinski definition) is 3. The fourth-order valence-corrected chi connectivity index (χ4v) is 1.25. The maximum Gasteiger partial charge on any atom is 0.234 e. The number of aromatic nitrogens is 1. The second-order valence-electron chi connectivity index (χ2n) is 3.35. The van der Waals surface area contributed by atoms with E-state index in [1.807, 2.05) is 25.1 Å². The predicted octanol–water partition coefficient (Wildman–Crippen LogP) is 0.482.